The van der Waals surface area contributed by atoms with Gasteiger partial charge in [-0.2, -0.15) is 0 Å². The molecule has 1 aromatic carbocycles. The van der Waals surface area contributed by atoms with E-state index in [4.69, 9.17) is 4.74 Å². The van der Waals surface area contributed by atoms with Gasteiger partial charge in [-0.3, -0.25) is 0 Å². The average molecular weight is 253 g/mol. The normalized spacial score (nSPS) is 16.7. The molecule has 0 aromatic heterocycles. The molecule has 3 nitrogen and oxygen atoms in total. The molecule has 18 heavy (non-hydrogen) atoms. The fourth-order valence-corrected chi connectivity index (χ4v) is 2.22. The summed E-state index contributed by atoms with van der Waals surface area (Å²) in [7, 11) is 1.64. The molecule has 1 aliphatic carbocycles. The molecule has 1 aromatic rings. The molecule has 1 aliphatic rings. The smallest absolute Gasteiger partial charge is 0.146 e. The SMILES string of the molecule is COCCN(c1c(F)cccc1[C@@H](C)O)C1CC1. The highest BCUT2D eigenvalue weighted by Crippen LogP contribution is 2.37. The summed E-state index contributed by atoms with van der Waals surface area (Å²) in [5, 5.41) is 9.78. The first-order valence-corrected chi connectivity index (χ1v) is 6.37. The third-order valence-electron chi connectivity index (χ3n) is 3.28. The fourth-order valence-electron chi connectivity index (χ4n) is 2.22. The van der Waals surface area contributed by atoms with Crippen molar-refractivity contribution in [2.45, 2.75) is 31.9 Å². The van der Waals surface area contributed by atoms with Crippen LogP contribution in [0.5, 0.6) is 0 Å². The van der Waals surface area contributed by atoms with Crippen LogP contribution >= 0.6 is 0 Å². The van der Waals surface area contributed by atoms with E-state index in [1.165, 1.54) is 6.07 Å². The predicted octanol–water partition coefficient (Wildman–Crippen LogP) is 2.49. The van der Waals surface area contributed by atoms with E-state index in [1.54, 1.807) is 26.2 Å². The largest absolute Gasteiger partial charge is 0.389 e. The van der Waals surface area contributed by atoms with E-state index in [0.29, 0.717) is 30.4 Å². The maximum absolute atomic E-state index is 14.1. The molecular weight excluding hydrogens is 233 g/mol. The van der Waals surface area contributed by atoms with Crippen LogP contribution in [-0.2, 0) is 4.74 Å². The highest BCUT2D eigenvalue weighted by molar-refractivity contribution is 5.57. The Morgan fingerprint density at radius 1 is 1.50 bits per heavy atom. The molecule has 4 heteroatoms. The van der Waals surface area contributed by atoms with Crippen molar-refractivity contribution in [2.24, 2.45) is 0 Å². The van der Waals surface area contributed by atoms with Crippen LogP contribution in [0, 0.1) is 5.82 Å². The summed E-state index contributed by atoms with van der Waals surface area (Å²) in [5.41, 5.74) is 1.19. The van der Waals surface area contributed by atoms with E-state index < -0.39 is 6.10 Å². The number of aliphatic hydroxyl groups is 1. The summed E-state index contributed by atoms with van der Waals surface area (Å²) in [6.07, 6.45) is 1.49. The summed E-state index contributed by atoms with van der Waals surface area (Å²) in [5.74, 6) is -0.267. The predicted molar refractivity (Wildman–Crippen MR) is 69.3 cm³/mol. The molecule has 1 atom stereocenters. The second-order valence-electron chi connectivity index (χ2n) is 4.77. The summed E-state index contributed by atoms with van der Waals surface area (Å²) < 4.78 is 19.2. The number of ether oxygens (including phenoxy) is 1. The van der Waals surface area contributed by atoms with Gasteiger partial charge in [-0.05, 0) is 25.8 Å². The Bertz CT molecular complexity index is 405. The first kappa shape index (κ1) is 13.3. The lowest BCUT2D eigenvalue weighted by Crippen LogP contribution is -2.31. The highest BCUT2D eigenvalue weighted by atomic mass is 19.1. The standard InChI is InChI=1S/C14H20FNO2/c1-10(17)12-4-3-5-13(15)14(12)16(8-9-18-2)11-6-7-11/h3-5,10-11,17H,6-9H2,1-2H3/t10-/m1/s1. The van der Waals surface area contributed by atoms with Gasteiger partial charge in [0, 0.05) is 25.3 Å². The number of aliphatic hydroxyl groups excluding tert-OH is 1. The number of methoxy groups -OCH3 is 1. The van der Waals surface area contributed by atoms with E-state index in [-0.39, 0.29) is 5.82 Å². The first-order chi connectivity index (χ1) is 8.65. The van der Waals surface area contributed by atoms with Crippen molar-refractivity contribution < 1.29 is 14.2 Å². The van der Waals surface area contributed by atoms with Gasteiger partial charge >= 0.3 is 0 Å². The zero-order valence-corrected chi connectivity index (χ0v) is 10.9. The topological polar surface area (TPSA) is 32.7 Å². The summed E-state index contributed by atoms with van der Waals surface area (Å²) in [6, 6.07) is 5.26. The number of rotatable bonds is 6. The summed E-state index contributed by atoms with van der Waals surface area (Å²) >= 11 is 0. The van der Waals surface area contributed by atoms with Gasteiger partial charge < -0.3 is 14.7 Å². The number of hydrogen-bond donors (Lipinski definition) is 1. The average Bonchev–Trinajstić information content (AvgIpc) is 3.15. The summed E-state index contributed by atoms with van der Waals surface area (Å²) in [6.45, 7) is 2.88. The van der Waals surface area contributed by atoms with Crippen molar-refractivity contribution in [1.82, 2.24) is 0 Å². The van der Waals surface area contributed by atoms with Crippen LogP contribution in [0.25, 0.3) is 0 Å². The van der Waals surface area contributed by atoms with E-state index >= 15 is 0 Å². The Balaban J connectivity index is 2.33. The van der Waals surface area contributed by atoms with Crippen LogP contribution in [0.1, 0.15) is 31.4 Å². The van der Waals surface area contributed by atoms with E-state index in [1.807, 2.05) is 4.90 Å². The fraction of sp³-hybridized carbons (Fsp3) is 0.571. The van der Waals surface area contributed by atoms with Gasteiger partial charge in [0.15, 0.2) is 0 Å². The van der Waals surface area contributed by atoms with Crippen molar-refractivity contribution >= 4 is 5.69 Å². The number of benzene rings is 1. The maximum Gasteiger partial charge on any atom is 0.146 e. The lowest BCUT2D eigenvalue weighted by atomic mass is 10.1. The van der Waals surface area contributed by atoms with Gasteiger partial charge in [0.25, 0.3) is 0 Å². The van der Waals surface area contributed by atoms with Gasteiger partial charge in [-0.1, -0.05) is 12.1 Å². The summed E-state index contributed by atoms with van der Waals surface area (Å²) in [4.78, 5) is 2.03. The van der Waals surface area contributed by atoms with E-state index in [2.05, 4.69) is 0 Å². The molecule has 1 fully saturated rings. The minimum Gasteiger partial charge on any atom is -0.389 e. The van der Waals surface area contributed by atoms with Crippen LogP contribution in [0.4, 0.5) is 10.1 Å². The third kappa shape index (κ3) is 2.82. The molecule has 0 bridgehead atoms. The number of anilines is 1. The van der Waals surface area contributed by atoms with Gasteiger partial charge in [0.2, 0.25) is 0 Å². The molecule has 0 amide bonds. The minimum absolute atomic E-state index is 0.267. The van der Waals surface area contributed by atoms with Crippen molar-refractivity contribution in [3.63, 3.8) is 0 Å². The van der Waals surface area contributed by atoms with E-state index in [9.17, 15) is 9.50 Å². The lowest BCUT2D eigenvalue weighted by Gasteiger charge is -2.28. The molecule has 0 unspecified atom stereocenters. The van der Waals surface area contributed by atoms with E-state index in [0.717, 1.165) is 12.8 Å². The number of nitrogens with zero attached hydrogens (tertiary/aromatic N) is 1. The number of halogens is 1. The molecule has 1 saturated carbocycles. The molecule has 100 valence electrons. The van der Waals surface area contributed by atoms with Crippen molar-refractivity contribution in [1.29, 1.82) is 0 Å². The quantitative estimate of drug-likeness (QED) is 0.845. The zero-order chi connectivity index (χ0) is 13.1. The van der Waals surface area contributed by atoms with Crippen molar-refractivity contribution in [3.05, 3.63) is 29.6 Å². The minimum atomic E-state index is -0.667. The Hall–Kier alpha value is -1.13. The number of para-hydroxylation sites is 1. The van der Waals surface area contributed by atoms with Gasteiger partial charge in [-0.25, -0.2) is 4.39 Å². The van der Waals surface area contributed by atoms with Gasteiger partial charge in [0.1, 0.15) is 5.82 Å². The Kier molecular flexibility index (Phi) is 4.19. The van der Waals surface area contributed by atoms with Gasteiger partial charge in [-0.15, -0.1) is 0 Å². The van der Waals surface area contributed by atoms with Crippen LogP contribution in [0.15, 0.2) is 18.2 Å². The second-order valence-corrected chi connectivity index (χ2v) is 4.77. The van der Waals surface area contributed by atoms with Crippen LogP contribution in [-0.4, -0.2) is 31.4 Å². The second kappa shape index (κ2) is 5.67. The number of hydrogen-bond acceptors (Lipinski definition) is 3. The van der Waals surface area contributed by atoms with Crippen LogP contribution in [0.2, 0.25) is 0 Å². The molecule has 1 N–H and O–H groups in total. The zero-order valence-electron chi connectivity index (χ0n) is 10.9. The van der Waals surface area contributed by atoms with Gasteiger partial charge in [0.05, 0.1) is 18.4 Å². The Morgan fingerprint density at radius 3 is 2.78 bits per heavy atom. The Labute approximate surface area is 107 Å². The van der Waals surface area contributed by atoms with Crippen LogP contribution in [0.3, 0.4) is 0 Å². The highest BCUT2D eigenvalue weighted by Gasteiger charge is 2.32. The molecule has 0 spiro atoms. The first-order valence-electron chi connectivity index (χ1n) is 6.37. The molecule has 0 aliphatic heterocycles. The lowest BCUT2D eigenvalue weighted by molar-refractivity contribution is 0.196. The van der Waals surface area contributed by atoms with Crippen molar-refractivity contribution in [3.8, 4) is 0 Å². The van der Waals surface area contributed by atoms with Crippen molar-refractivity contribution in [2.75, 3.05) is 25.2 Å². The Morgan fingerprint density at radius 2 is 2.22 bits per heavy atom. The molecule has 0 saturated heterocycles. The monoisotopic (exact) mass is 253 g/mol. The van der Waals surface area contributed by atoms with Crippen LogP contribution < -0.4 is 4.90 Å². The molecule has 2 rings (SSSR count). The molecular formula is C14H20FNO2. The molecule has 0 heterocycles. The third-order valence-corrected chi connectivity index (χ3v) is 3.28. The maximum atomic E-state index is 14.1. The molecule has 0 radical (unpaired) electrons.